The summed E-state index contributed by atoms with van der Waals surface area (Å²) < 4.78 is 38.8. The minimum Gasteiger partial charge on any atom is -0.324 e. The van der Waals surface area contributed by atoms with E-state index < -0.39 is 28.3 Å². The number of sulfonamides is 1. The van der Waals surface area contributed by atoms with Gasteiger partial charge < -0.3 is 5.32 Å². The molecule has 0 bridgehead atoms. The number of carbonyl (C=O) groups is 1. The number of amides is 1. The molecular weight excluding hydrogens is 367 g/mol. The lowest BCUT2D eigenvalue weighted by molar-refractivity contribution is -0.114. The van der Waals surface area contributed by atoms with Gasteiger partial charge in [0.15, 0.2) is 0 Å². The van der Waals surface area contributed by atoms with Crippen molar-refractivity contribution in [2.24, 2.45) is 0 Å². The first-order chi connectivity index (χ1) is 11.6. The van der Waals surface area contributed by atoms with Crippen molar-refractivity contribution in [3.8, 4) is 0 Å². The Hall–Kier alpha value is -2.12. The number of rotatable bonds is 5. The molecule has 134 valence electrons. The van der Waals surface area contributed by atoms with Gasteiger partial charge in [-0.3, -0.25) is 9.10 Å². The van der Waals surface area contributed by atoms with Crippen molar-refractivity contribution in [3.63, 3.8) is 0 Å². The largest absolute Gasteiger partial charge is 0.324 e. The molecule has 0 spiro atoms. The van der Waals surface area contributed by atoms with Crippen LogP contribution in [0.5, 0.6) is 0 Å². The Kier molecular flexibility index (Phi) is 5.69. The standard InChI is InChI=1S/C17H18ClFN2O3S/c1-11-4-6-15(12(2)8-11)20-17(22)10-21(25(3,23)24)16-7-5-13(18)9-14(16)19/h4-9H,10H2,1-3H3,(H,20,22). The maximum Gasteiger partial charge on any atom is 0.245 e. The second-order valence-corrected chi connectivity index (χ2v) is 8.08. The highest BCUT2D eigenvalue weighted by molar-refractivity contribution is 7.92. The summed E-state index contributed by atoms with van der Waals surface area (Å²) in [5.41, 5.74) is 2.22. The van der Waals surface area contributed by atoms with Gasteiger partial charge in [0.1, 0.15) is 12.4 Å². The van der Waals surface area contributed by atoms with E-state index in [1.54, 1.807) is 6.07 Å². The third-order valence-corrected chi connectivity index (χ3v) is 4.88. The molecule has 0 aromatic heterocycles. The van der Waals surface area contributed by atoms with Crippen LogP contribution in [0.25, 0.3) is 0 Å². The first-order valence-electron chi connectivity index (χ1n) is 7.38. The van der Waals surface area contributed by atoms with Gasteiger partial charge in [-0.05, 0) is 43.7 Å². The Labute approximate surface area is 151 Å². The van der Waals surface area contributed by atoms with Crippen molar-refractivity contribution in [2.75, 3.05) is 22.4 Å². The Morgan fingerprint density at radius 1 is 1.20 bits per heavy atom. The maximum absolute atomic E-state index is 14.1. The summed E-state index contributed by atoms with van der Waals surface area (Å²) in [5.74, 6) is -1.40. The number of hydrogen-bond donors (Lipinski definition) is 1. The molecule has 1 amide bonds. The number of hydrogen-bond acceptors (Lipinski definition) is 3. The Bertz CT molecular complexity index is 916. The highest BCUT2D eigenvalue weighted by Gasteiger charge is 2.24. The molecule has 0 heterocycles. The smallest absolute Gasteiger partial charge is 0.245 e. The molecule has 0 atom stereocenters. The SMILES string of the molecule is Cc1ccc(NC(=O)CN(c2ccc(Cl)cc2F)S(C)(=O)=O)c(C)c1. The van der Waals surface area contributed by atoms with Crippen LogP contribution >= 0.6 is 11.6 Å². The lowest BCUT2D eigenvalue weighted by atomic mass is 10.1. The summed E-state index contributed by atoms with van der Waals surface area (Å²) in [5, 5.41) is 2.78. The molecule has 1 N–H and O–H groups in total. The van der Waals surface area contributed by atoms with Gasteiger partial charge in [-0.15, -0.1) is 0 Å². The molecule has 2 aromatic carbocycles. The predicted octanol–water partition coefficient (Wildman–Crippen LogP) is 3.50. The monoisotopic (exact) mass is 384 g/mol. The fraction of sp³-hybridized carbons (Fsp3) is 0.235. The van der Waals surface area contributed by atoms with E-state index >= 15 is 0 Å². The fourth-order valence-electron chi connectivity index (χ4n) is 2.34. The van der Waals surface area contributed by atoms with E-state index in [2.05, 4.69) is 5.32 Å². The summed E-state index contributed by atoms with van der Waals surface area (Å²) >= 11 is 5.69. The molecule has 2 rings (SSSR count). The molecule has 8 heteroatoms. The van der Waals surface area contributed by atoms with Crippen molar-refractivity contribution >= 4 is 38.9 Å². The number of anilines is 2. The minimum atomic E-state index is -3.87. The molecule has 0 saturated heterocycles. The summed E-state index contributed by atoms with van der Waals surface area (Å²) in [4.78, 5) is 12.3. The number of aryl methyl sites for hydroxylation is 2. The molecule has 2 aromatic rings. The zero-order valence-corrected chi connectivity index (χ0v) is 15.6. The number of nitrogens with zero attached hydrogens (tertiary/aromatic N) is 1. The third kappa shape index (κ3) is 4.93. The molecule has 0 saturated carbocycles. The highest BCUT2D eigenvalue weighted by Crippen LogP contribution is 2.25. The topological polar surface area (TPSA) is 66.5 Å². The quantitative estimate of drug-likeness (QED) is 0.857. The predicted molar refractivity (Wildman–Crippen MR) is 98.1 cm³/mol. The van der Waals surface area contributed by atoms with Crippen molar-refractivity contribution in [3.05, 3.63) is 58.4 Å². The fourth-order valence-corrected chi connectivity index (χ4v) is 3.35. The van der Waals surface area contributed by atoms with E-state index in [0.29, 0.717) is 9.99 Å². The molecule has 0 aliphatic carbocycles. The zero-order chi connectivity index (χ0) is 18.8. The van der Waals surface area contributed by atoms with Crippen LogP contribution in [-0.4, -0.2) is 27.1 Å². The Balaban J connectivity index is 2.27. The van der Waals surface area contributed by atoms with Gasteiger partial charge in [0.2, 0.25) is 15.9 Å². The number of carbonyl (C=O) groups excluding carboxylic acids is 1. The highest BCUT2D eigenvalue weighted by atomic mass is 35.5. The summed E-state index contributed by atoms with van der Waals surface area (Å²) in [6.45, 7) is 3.20. The van der Waals surface area contributed by atoms with Crippen molar-refractivity contribution < 1.29 is 17.6 Å². The van der Waals surface area contributed by atoms with Gasteiger partial charge in [-0.1, -0.05) is 29.3 Å². The molecule has 0 radical (unpaired) electrons. The zero-order valence-electron chi connectivity index (χ0n) is 14.0. The maximum atomic E-state index is 14.1. The molecular formula is C17H18ClFN2O3S. The van der Waals surface area contributed by atoms with Gasteiger partial charge >= 0.3 is 0 Å². The lowest BCUT2D eigenvalue weighted by Crippen LogP contribution is -2.38. The van der Waals surface area contributed by atoms with Crippen LogP contribution < -0.4 is 9.62 Å². The van der Waals surface area contributed by atoms with E-state index in [-0.39, 0.29) is 10.7 Å². The Morgan fingerprint density at radius 3 is 2.44 bits per heavy atom. The lowest BCUT2D eigenvalue weighted by Gasteiger charge is -2.22. The van der Waals surface area contributed by atoms with E-state index in [1.165, 1.54) is 12.1 Å². The van der Waals surface area contributed by atoms with Crippen LogP contribution in [0.15, 0.2) is 36.4 Å². The van der Waals surface area contributed by atoms with Crippen LogP contribution in [-0.2, 0) is 14.8 Å². The van der Waals surface area contributed by atoms with Gasteiger partial charge in [0, 0.05) is 10.7 Å². The van der Waals surface area contributed by atoms with Crippen LogP contribution in [0.2, 0.25) is 5.02 Å². The second-order valence-electron chi connectivity index (χ2n) is 5.73. The first-order valence-corrected chi connectivity index (χ1v) is 9.60. The van der Waals surface area contributed by atoms with Crippen LogP contribution in [0.4, 0.5) is 15.8 Å². The van der Waals surface area contributed by atoms with E-state index in [9.17, 15) is 17.6 Å². The Morgan fingerprint density at radius 2 is 1.88 bits per heavy atom. The summed E-state index contributed by atoms with van der Waals surface area (Å²) in [6, 6.07) is 9.04. The summed E-state index contributed by atoms with van der Waals surface area (Å²) in [7, 11) is -3.87. The molecule has 0 fully saturated rings. The number of benzene rings is 2. The van der Waals surface area contributed by atoms with Crippen LogP contribution in [0.1, 0.15) is 11.1 Å². The van der Waals surface area contributed by atoms with Gasteiger partial charge in [0.25, 0.3) is 0 Å². The molecule has 25 heavy (non-hydrogen) atoms. The van der Waals surface area contributed by atoms with E-state index in [4.69, 9.17) is 11.6 Å². The van der Waals surface area contributed by atoms with Crippen molar-refractivity contribution in [1.29, 1.82) is 0 Å². The minimum absolute atomic E-state index is 0.134. The third-order valence-electron chi connectivity index (χ3n) is 3.52. The second kappa shape index (κ2) is 7.41. The van der Waals surface area contributed by atoms with Crippen LogP contribution in [0.3, 0.4) is 0 Å². The molecule has 0 unspecified atom stereocenters. The van der Waals surface area contributed by atoms with Crippen LogP contribution in [0, 0.1) is 19.7 Å². The van der Waals surface area contributed by atoms with Gasteiger partial charge in [-0.2, -0.15) is 0 Å². The first kappa shape index (κ1) is 19.2. The van der Waals surface area contributed by atoms with E-state index in [1.807, 2.05) is 26.0 Å². The number of halogens is 2. The van der Waals surface area contributed by atoms with Gasteiger partial charge in [0.05, 0.1) is 11.9 Å². The summed E-state index contributed by atoms with van der Waals surface area (Å²) in [6.07, 6.45) is 0.908. The van der Waals surface area contributed by atoms with Crippen molar-refractivity contribution in [2.45, 2.75) is 13.8 Å². The van der Waals surface area contributed by atoms with Gasteiger partial charge in [-0.25, -0.2) is 12.8 Å². The van der Waals surface area contributed by atoms with Crippen molar-refractivity contribution in [1.82, 2.24) is 0 Å². The normalized spacial score (nSPS) is 11.2. The van der Waals surface area contributed by atoms with E-state index in [0.717, 1.165) is 23.4 Å². The molecule has 0 aliphatic rings. The number of nitrogens with one attached hydrogen (secondary N) is 1. The molecule has 5 nitrogen and oxygen atoms in total. The average molecular weight is 385 g/mol. The molecule has 0 aliphatic heterocycles. The average Bonchev–Trinajstić information content (AvgIpc) is 2.47.